The van der Waals surface area contributed by atoms with E-state index in [-0.39, 0.29) is 16.6 Å². The lowest BCUT2D eigenvalue weighted by atomic mass is 9.83. The van der Waals surface area contributed by atoms with Gasteiger partial charge in [0, 0.05) is 53.9 Å². The largest absolute Gasteiger partial charge is 0.598 e. The summed E-state index contributed by atoms with van der Waals surface area (Å²) in [4.78, 5) is 21.2. The predicted molar refractivity (Wildman–Crippen MR) is 160 cm³/mol. The van der Waals surface area contributed by atoms with Gasteiger partial charge in [-0.15, -0.1) is 4.72 Å². The van der Waals surface area contributed by atoms with Crippen molar-refractivity contribution in [1.29, 1.82) is 0 Å². The molecule has 2 aliphatic rings. The summed E-state index contributed by atoms with van der Waals surface area (Å²) in [5.74, 6) is 1.95. The van der Waals surface area contributed by atoms with E-state index in [1.165, 1.54) is 11.8 Å². The molecule has 6 rings (SSSR count). The molecule has 0 saturated carbocycles. The third-order valence-corrected chi connectivity index (χ3v) is 10.3. The Morgan fingerprint density at radius 2 is 1.90 bits per heavy atom. The second-order valence-corrected chi connectivity index (χ2v) is 14.4. The summed E-state index contributed by atoms with van der Waals surface area (Å²) in [5.41, 5.74) is 7.69. The Balaban J connectivity index is 1.19. The maximum Gasteiger partial charge on any atom is 0.179 e. The molecule has 12 heteroatoms. The number of nitrogens with zero attached hydrogens (tertiary/aromatic N) is 5. The summed E-state index contributed by atoms with van der Waals surface area (Å²) in [7, 11) is 0. The number of nitrogens with two attached hydrogens (primary N) is 1. The maximum atomic E-state index is 13.1. The highest BCUT2D eigenvalue weighted by Gasteiger charge is 2.53. The minimum absolute atomic E-state index is 0.155. The van der Waals surface area contributed by atoms with Crippen molar-refractivity contribution < 1.29 is 9.29 Å². The first-order valence-corrected chi connectivity index (χ1v) is 15.4. The zero-order valence-corrected chi connectivity index (χ0v) is 24.8. The van der Waals surface area contributed by atoms with Gasteiger partial charge < -0.3 is 19.9 Å². The molecule has 0 aliphatic carbocycles. The lowest BCUT2D eigenvalue weighted by molar-refractivity contribution is 0.0379. The molecule has 0 bridgehead atoms. The summed E-state index contributed by atoms with van der Waals surface area (Å²) in [5, 5.41) is 1.15. The second kappa shape index (κ2) is 10.5. The number of fused-ring (bicyclic) bond motifs is 2. The lowest BCUT2D eigenvalue weighted by Crippen LogP contribution is -2.55. The monoisotopic (exact) mass is 595 g/mol. The third-order valence-electron chi connectivity index (χ3n) is 7.25. The molecule has 40 heavy (non-hydrogen) atoms. The molecule has 4 aromatic rings. The minimum Gasteiger partial charge on any atom is -0.598 e. The first-order chi connectivity index (χ1) is 19.1. The van der Waals surface area contributed by atoms with Crippen LogP contribution in [0.4, 0.5) is 11.6 Å². The second-order valence-electron chi connectivity index (χ2n) is 11.0. The highest BCUT2D eigenvalue weighted by Crippen LogP contribution is 2.49. The average Bonchev–Trinajstić information content (AvgIpc) is 3.23. The molecular weight excluding hydrogens is 566 g/mol. The van der Waals surface area contributed by atoms with E-state index in [0.717, 1.165) is 53.0 Å². The Hall–Kier alpha value is -2.83. The van der Waals surface area contributed by atoms with E-state index >= 15 is 0 Å². The summed E-state index contributed by atoms with van der Waals surface area (Å²) in [6.07, 6.45) is 4.90. The van der Waals surface area contributed by atoms with Gasteiger partial charge in [0.05, 0.1) is 11.2 Å². The molecule has 0 radical (unpaired) electrons. The van der Waals surface area contributed by atoms with E-state index in [0.29, 0.717) is 16.2 Å². The van der Waals surface area contributed by atoms with Crippen LogP contribution in [0.2, 0.25) is 5.02 Å². The van der Waals surface area contributed by atoms with E-state index in [2.05, 4.69) is 30.6 Å². The van der Waals surface area contributed by atoms with Crippen molar-refractivity contribution in [1.82, 2.24) is 24.7 Å². The van der Waals surface area contributed by atoms with Gasteiger partial charge >= 0.3 is 0 Å². The number of hydrogen-bond donors (Lipinski definition) is 2. The van der Waals surface area contributed by atoms with Crippen molar-refractivity contribution in [3.63, 3.8) is 0 Å². The van der Waals surface area contributed by atoms with Gasteiger partial charge in [0.25, 0.3) is 0 Å². The number of nitrogen functional groups attached to an aromatic ring is 1. The van der Waals surface area contributed by atoms with Crippen LogP contribution in [0.1, 0.15) is 45.2 Å². The molecule has 0 amide bonds. The van der Waals surface area contributed by atoms with E-state index in [1.54, 1.807) is 18.5 Å². The SMILES string of the molecule is CC(C)(C)[S@@+]([O-])N[C@@H]1c2ccccc2OC12CCN(c1cnc3nc(Sc4ccnc(N)c4Cl)ccc3n1)CC2. The molecule has 2 atom stereocenters. The van der Waals surface area contributed by atoms with Gasteiger partial charge in [-0.2, -0.15) is 0 Å². The number of rotatable bonds is 5. The van der Waals surface area contributed by atoms with Gasteiger partial charge in [-0.05, 0) is 45.0 Å². The number of para-hydroxylation sites is 1. The van der Waals surface area contributed by atoms with Crippen molar-refractivity contribution in [3.8, 4) is 5.75 Å². The average molecular weight is 596 g/mol. The fourth-order valence-electron chi connectivity index (χ4n) is 5.05. The number of anilines is 2. The molecule has 3 aromatic heterocycles. The predicted octanol–water partition coefficient (Wildman–Crippen LogP) is 5.33. The number of hydrogen-bond acceptors (Lipinski definition) is 10. The fourth-order valence-corrected chi connectivity index (χ4v) is 7.01. The van der Waals surface area contributed by atoms with Crippen molar-refractivity contribution in [2.24, 2.45) is 0 Å². The van der Waals surface area contributed by atoms with Gasteiger partial charge in [-0.3, -0.25) is 0 Å². The maximum absolute atomic E-state index is 13.1. The molecular formula is C28H30ClN7O2S2. The molecule has 0 unspecified atom stereocenters. The van der Waals surface area contributed by atoms with Crippen LogP contribution in [-0.2, 0) is 11.4 Å². The normalized spacial score (nSPS) is 19.0. The standard InChI is InChI=1S/C28H30ClN7O2S2/c1-27(2,3)40(37)35-24-17-6-4-5-7-19(17)38-28(24)11-14-36(15-12-28)21-16-32-26-18(33-21)8-9-22(34-26)39-20-10-13-31-25(30)23(20)29/h4-10,13,16,24,35H,11-12,14-15H2,1-3H3,(H2,30,31)/t24-,40-/m1/s1. The van der Waals surface area contributed by atoms with Crippen LogP contribution in [0.15, 0.2) is 64.8 Å². The van der Waals surface area contributed by atoms with E-state index in [1.807, 2.05) is 51.1 Å². The van der Waals surface area contributed by atoms with Gasteiger partial charge in [0.1, 0.15) is 44.3 Å². The Morgan fingerprint density at radius 1 is 1.12 bits per heavy atom. The van der Waals surface area contributed by atoms with E-state index in [4.69, 9.17) is 27.1 Å². The molecule has 5 heterocycles. The zero-order valence-electron chi connectivity index (χ0n) is 22.4. The fraction of sp³-hybridized carbons (Fsp3) is 0.357. The van der Waals surface area contributed by atoms with Crippen LogP contribution in [-0.4, -0.2) is 47.9 Å². The number of benzene rings is 1. The van der Waals surface area contributed by atoms with Crippen molar-refractivity contribution in [2.45, 2.75) is 59.9 Å². The highest BCUT2D eigenvalue weighted by atomic mass is 35.5. The first-order valence-electron chi connectivity index (χ1n) is 13.1. The molecule has 208 valence electrons. The number of pyridine rings is 2. The summed E-state index contributed by atoms with van der Waals surface area (Å²) >= 11 is 6.47. The van der Waals surface area contributed by atoms with Gasteiger partial charge in [-0.25, -0.2) is 19.9 Å². The molecule has 1 spiro atoms. The van der Waals surface area contributed by atoms with E-state index < -0.39 is 17.0 Å². The van der Waals surface area contributed by atoms with Crippen molar-refractivity contribution in [3.05, 3.63) is 65.4 Å². The number of aromatic nitrogens is 4. The summed E-state index contributed by atoms with van der Waals surface area (Å²) in [6, 6.07) is 13.5. The minimum atomic E-state index is -1.23. The van der Waals surface area contributed by atoms with Gasteiger partial charge in [0.15, 0.2) is 5.65 Å². The smallest absolute Gasteiger partial charge is 0.179 e. The molecule has 1 saturated heterocycles. The zero-order chi connectivity index (χ0) is 28.1. The molecule has 3 N–H and O–H groups in total. The number of ether oxygens (including phenoxy) is 1. The molecule has 2 aliphatic heterocycles. The highest BCUT2D eigenvalue weighted by molar-refractivity contribution is 7.99. The van der Waals surface area contributed by atoms with Gasteiger partial charge in [-0.1, -0.05) is 41.6 Å². The Labute approximate surface area is 245 Å². The topological polar surface area (TPSA) is 125 Å². The summed E-state index contributed by atoms with van der Waals surface area (Å²) in [6.45, 7) is 7.40. The molecule has 1 fully saturated rings. The van der Waals surface area contributed by atoms with Crippen LogP contribution in [0.25, 0.3) is 11.2 Å². The van der Waals surface area contributed by atoms with Crippen molar-refractivity contribution >= 4 is 57.5 Å². The number of halogens is 1. The number of nitrogens with one attached hydrogen (secondary N) is 1. The van der Waals surface area contributed by atoms with Crippen LogP contribution in [0.3, 0.4) is 0 Å². The van der Waals surface area contributed by atoms with E-state index in [9.17, 15) is 4.55 Å². The first kappa shape index (κ1) is 27.3. The van der Waals surface area contributed by atoms with Crippen LogP contribution in [0, 0.1) is 0 Å². The molecule has 9 nitrogen and oxygen atoms in total. The van der Waals surface area contributed by atoms with Crippen LogP contribution in [0.5, 0.6) is 5.75 Å². The summed E-state index contributed by atoms with van der Waals surface area (Å²) < 4.78 is 22.7. The Bertz CT molecular complexity index is 1560. The Kier molecular flexibility index (Phi) is 7.20. The number of piperidine rings is 1. The van der Waals surface area contributed by atoms with Crippen molar-refractivity contribution in [2.75, 3.05) is 23.7 Å². The van der Waals surface area contributed by atoms with Gasteiger partial charge in [0.2, 0.25) is 0 Å². The lowest BCUT2D eigenvalue weighted by Gasteiger charge is -2.42. The van der Waals surface area contributed by atoms with Crippen LogP contribution >= 0.6 is 23.4 Å². The third kappa shape index (κ3) is 5.16. The van der Waals surface area contributed by atoms with Crippen LogP contribution < -0.4 is 20.1 Å². The molecule has 1 aromatic carbocycles. The quantitative estimate of drug-likeness (QED) is 0.292. The Morgan fingerprint density at radius 3 is 2.67 bits per heavy atom.